The van der Waals surface area contributed by atoms with E-state index in [9.17, 15) is 22.0 Å². The molecule has 0 atom stereocenters. The standard InChI is InChI=1S/C22H27F2N5O3S/c1-15-20(26-33(31,32)14-16-7-9-22(23,24)10-8-16)21(30)29(28(15)3)19-6-4-5-17(11-19)18-12-25-27(2)13-18/h4-6,11-13,16,26H,7-10,14H2,1-3H3. The first-order chi connectivity index (χ1) is 15.5. The molecule has 1 aliphatic rings. The SMILES string of the molecule is Cc1c(NS(=O)(=O)CC2CCC(F)(F)CC2)c(=O)n(-c2cccc(-c3cnn(C)c3)c2)n1C. The van der Waals surface area contributed by atoms with Gasteiger partial charge < -0.3 is 0 Å². The highest BCUT2D eigenvalue weighted by Crippen LogP contribution is 2.36. The van der Waals surface area contributed by atoms with Gasteiger partial charge in [0.1, 0.15) is 5.69 Å². The lowest BCUT2D eigenvalue weighted by Gasteiger charge is -2.27. The van der Waals surface area contributed by atoms with Gasteiger partial charge in [0.15, 0.2) is 0 Å². The summed E-state index contributed by atoms with van der Waals surface area (Å²) >= 11 is 0. The van der Waals surface area contributed by atoms with Crippen LogP contribution in [-0.2, 0) is 24.1 Å². The van der Waals surface area contributed by atoms with Gasteiger partial charge in [-0.3, -0.25) is 18.9 Å². The molecule has 1 fully saturated rings. The third kappa shape index (κ3) is 4.87. The fourth-order valence-corrected chi connectivity index (χ4v) is 5.86. The maximum atomic E-state index is 13.4. The number of aryl methyl sites for hydroxylation is 1. The van der Waals surface area contributed by atoms with E-state index in [0.717, 1.165) is 11.1 Å². The molecule has 33 heavy (non-hydrogen) atoms. The minimum atomic E-state index is -3.88. The number of aromatic nitrogens is 4. The van der Waals surface area contributed by atoms with Gasteiger partial charge in [0, 0.05) is 38.7 Å². The van der Waals surface area contributed by atoms with Crippen LogP contribution in [0.1, 0.15) is 31.4 Å². The zero-order chi connectivity index (χ0) is 24.0. The number of hydrogen-bond donors (Lipinski definition) is 1. The van der Waals surface area contributed by atoms with Crippen LogP contribution in [0.25, 0.3) is 16.8 Å². The molecule has 4 rings (SSSR count). The second-order valence-electron chi connectivity index (χ2n) is 8.74. The first-order valence-electron chi connectivity index (χ1n) is 10.7. The van der Waals surface area contributed by atoms with Crippen LogP contribution >= 0.6 is 0 Å². The van der Waals surface area contributed by atoms with Crippen LogP contribution in [0.5, 0.6) is 0 Å². The van der Waals surface area contributed by atoms with Gasteiger partial charge in [0.2, 0.25) is 15.9 Å². The molecule has 0 unspecified atom stereocenters. The Balaban J connectivity index is 1.61. The maximum absolute atomic E-state index is 13.4. The summed E-state index contributed by atoms with van der Waals surface area (Å²) < 4.78 is 59.4. The van der Waals surface area contributed by atoms with Crippen LogP contribution in [0, 0.1) is 12.8 Å². The topological polar surface area (TPSA) is 90.9 Å². The molecule has 0 amide bonds. The van der Waals surface area contributed by atoms with E-state index in [-0.39, 0.29) is 43.0 Å². The Labute approximate surface area is 190 Å². The van der Waals surface area contributed by atoms with Crippen molar-refractivity contribution >= 4 is 15.7 Å². The van der Waals surface area contributed by atoms with Crippen molar-refractivity contribution in [3.8, 4) is 16.8 Å². The fourth-order valence-electron chi connectivity index (χ4n) is 4.28. The second-order valence-corrected chi connectivity index (χ2v) is 10.5. The van der Waals surface area contributed by atoms with Crippen LogP contribution in [0.2, 0.25) is 0 Å². The van der Waals surface area contributed by atoms with Crippen LogP contribution in [0.3, 0.4) is 0 Å². The lowest BCUT2D eigenvalue weighted by molar-refractivity contribution is -0.0435. The van der Waals surface area contributed by atoms with Crippen molar-refractivity contribution in [1.82, 2.24) is 19.1 Å². The van der Waals surface area contributed by atoms with Crippen molar-refractivity contribution < 1.29 is 17.2 Å². The molecular formula is C22H27F2N5O3S. The molecule has 2 heterocycles. The molecule has 1 saturated carbocycles. The van der Waals surface area contributed by atoms with E-state index in [2.05, 4.69) is 9.82 Å². The number of sulfonamides is 1. The molecule has 2 aromatic heterocycles. The summed E-state index contributed by atoms with van der Waals surface area (Å²) in [6, 6.07) is 7.31. The van der Waals surface area contributed by atoms with E-state index < -0.39 is 21.5 Å². The molecule has 178 valence electrons. The molecule has 0 radical (unpaired) electrons. The van der Waals surface area contributed by atoms with Crippen molar-refractivity contribution in [2.75, 3.05) is 10.5 Å². The summed E-state index contributed by atoms with van der Waals surface area (Å²) in [6.07, 6.45) is 3.26. The highest BCUT2D eigenvalue weighted by molar-refractivity contribution is 7.92. The number of halogens is 2. The largest absolute Gasteiger partial charge is 0.296 e. The number of anilines is 1. The molecule has 8 nitrogen and oxygen atoms in total. The first-order valence-corrected chi connectivity index (χ1v) is 12.4. The third-order valence-electron chi connectivity index (χ3n) is 6.23. The number of rotatable bonds is 6. The number of benzene rings is 1. The minimum absolute atomic E-state index is 0.0366. The normalized spacial score (nSPS) is 16.8. The average molecular weight is 480 g/mol. The number of alkyl halides is 2. The second kappa shape index (κ2) is 8.44. The Morgan fingerprint density at radius 2 is 1.88 bits per heavy atom. The molecule has 0 aliphatic heterocycles. The third-order valence-corrected chi connectivity index (χ3v) is 7.66. The van der Waals surface area contributed by atoms with Crippen LogP contribution in [0.4, 0.5) is 14.5 Å². The Morgan fingerprint density at radius 3 is 2.52 bits per heavy atom. The molecule has 1 aliphatic carbocycles. The summed E-state index contributed by atoms with van der Waals surface area (Å²) in [6.45, 7) is 1.65. The number of hydrogen-bond acceptors (Lipinski definition) is 4. The first kappa shape index (κ1) is 23.2. The van der Waals surface area contributed by atoms with E-state index in [1.165, 1.54) is 4.68 Å². The van der Waals surface area contributed by atoms with E-state index in [1.54, 1.807) is 35.6 Å². The van der Waals surface area contributed by atoms with Crippen molar-refractivity contribution in [2.45, 2.75) is 38.5 Å². The zero-order valence-electron chi connectivity index (χ0n) is 18.8. The van der Waals surface area contributed by atoms with Gasteiger partial charge in [-0.15, -0.1) is 0 Å². The molecule has 1 N–H and O–H groups in total. The van der Waals surface area contributed by atoms with Gasteiger partial charge in [0.05, 0.1) is 23.3 Å². The van der Waals surface area contributed by atoms with Gasteiger partial charge >= 0.3 is 0 Å². The highest BCUT2D eigenvalue weighted by atomic mass is 32.2. The fraction of sp³-hybridized carbons (Fsp3) is 0.455. The van der Waals surface area contributed by atoms with Crippen LogP contribution < -0.4 is 10.3 Å². The zero-order valence-corrected chi connectivity index (χ0v) is 19.6. The van der Waals surface area contributed by atoms with Crippen molar-refractivity contribution in [2.24, 2.45) is 20.0 Å². The molecule has 0 spiro atoms. The summed E-state index contributed by atoms with van der Waals surface area (Å²) in [5, 5.41) is 4.17. The van der Waals surface area contributed by atoms with Crippen molar-refractivity contribution in [3.63, 3.8) is 0 Å². The lowest BCUT2D eigenvalue weighted by atomic mass is 9.88. The quantitative estimate of drug-likeness (QED) is 0.586. The molecule has 0 bridgehead atoms. The Hall–Kier alpha value is -2.95. The maximum Gasteiger partial charge on any atom is 0.296 e. The van der Waals surface area contributed by atoms with E-state index >= 15 is 0 Å². The van der Waals surface area contributed by atoms with E-state index in [0.29, 0.717) is 11.4 Å². The summed E-state index contributed by atoms with van der Waals surface area (Å²) in [4.78, 5) is 13.2. The Bertz CT molecular complexity index is 1330. The van der Waals surface area contributed by atoms with Gasteiger partial charge in [-0.05, 0) is 43.4 Å². The van der Waals surface area contributed by atoms with E-state index in [4.69, 9.17) is 0 Å². The van der Waals surface area contributed by atoms with Gasteiger partial charge in [0.25, 0.3) is 5.56 Å². The molecule has 1 aromatic carbocycles. The van der Waals surface area contributed by atoms with Crippen molar-refractivity contribution in [3.05, 3.63) is 52.7 Å². The predicted octanol–water partition coefficient (Wildman–Crippen LogP) is 3.45. The highest BCUT2D eigenvalue weighted by Gasteiger charge is 2.36. The van der Waals surface area contributed by atoms with Gasteiger partial charge in [-0.25, -0.2) is 21.9 Å². The van der Waals surface area contributed by atoms with Gasteiger partial charge in [-0.1, -0.05) is 12.1 Å². The van der Waals surface area contributed by atoms with Crippen molar-refractivity contribution in [1.29, 1.82) is 0 Å². The lowest BCUT2D eigenvalue weighted by Crippen LogP contribution is -2.31. The molecule has 3 aromatic rings. The van der Waals surface area contributed by atoms with E-state index in [1.807, 2.05) is 31.4 Å². The summed E-state index contributed by atoms with van der Waals surface area (Å²) in [5.74, 6) is -3.36. The van der Waals surface area contributed by atoms with Gasteiger partial charge in [-0.2, -0.15) is 5.10 Å². The van der Waals surface area contributed by atoms with Crippen LogP contribution in [-0.4, -0.2) is 39.2 Å². The smallest absolute Gasteiger partial charge is 0.283 e. The Morgan fingerprint density at radius 1 is 1.18 bits per heavy atom. The summed E-state index contributed by atoms with van der Waals surface area (Å²) in [5.41, 5.74) is 2.24. The number of nitrogens with zero attached hydrogens (tertiary/aromatic N) is 4. The summed E-state index contributed by atoms with van der Waals surface area (Å²) in [7, 11) is -0.393. The minimum Gasteiger partial charge on any atom is -0.283 e. The number of nitrogens with one attached hydrogen (secondary N) is 1. The Kier molecular flexibility index (Phi) is 5.94. The monoisotopic (exact) mass is 479 g/mol. The molecular weight excluding hydrogens is 452 g/mol. The predicted molar refractivity (Wildman–Crippen MR) is 122 cm³/mol. The average Bonchev–Trinajstić information content (AvgIpc) is 3.27. The van der Waals surface area contributed by atoms with Crippen LogP contribution in [0.15, 0.2) is 41.5 Å². The molecule has 11 heteroatoms. The molecule has 0 saturated heterocycles.